The number of rotatable bonds is 4. The SMILES string of the molecule is C=Nc1ccc(OC)cc1-c1ccc(-c2ccc(Cl)cc2)cc1. The molecule has 0 saturated carbocycles. The maximum Gasteiger partial charge on any atom is 0.119 e. The van der Waals surface area contributed by atoms with Gasteiger partial charge in [0.2, 0.25) is 0 Å². The molecule has 0 saturated heterocycles. The lowest BCUT2D eigenvalue weighted by atomic mass is 9.99. The van der Waals surface area contributed by atoms with Crippen LogP contribution in [0.3, 0.4) is 0 Å². The lowest BCUT2D eigenvalue weighted by molar-refractivity contribution is 0.415. The van der Waals surface area contributed by atoms with Gasteiger partial charge in [0, 0.05) is 10.6 Å². The van der Waals surface area contributed by atoms with Gasteiger partial charge in [0.15, 0.2) is 0 Å². The maximum atomic E-state index is 5.94. The molecule has 0 radical (unpaired) electrons. The fraction of sp³-hybridized carbons (Fsp3) is 0.0500. The normalized spacial score (nSPS) is 10.3. The van der Waals surface area contributed by atoms with Crippen molar-refractivity contribution < 1.29 is 4.74 Å². The Morgan fingerprint density at radius 2 is 1.39 bits per heavy atom. The van der Waals surface area contributed by atoms with E-state index in [0.717, 1.165) is 38.7 Å². The van der Waals surface area contributed by atoms with E-state index in [4.69, 9.17) is 16.3 Å². The Labute approximate surface area is 141 Å². The van der Waals surface area contributed by atoms with Crippen LogP contribution in [0.1, 0.15) is 0 Å². The summed E-state index contributed by atoms with van der Waals surface area (Å²) in [7, 11) is 1.66. The van der Waals surface area contributed by atoms with Gasteiger partial charge >= 0.3 is 0 Å². The molecule has 3 aromatic rings. The van der Waals surface area contributed by atoms with E-state index < -0.39 is 0 Å². The third kappa shape index (κ3) is 3.27. The summed E-state index contributed by atoms with van der Waals surface area (Å²) in [6, 6.07) is 21.9. The quantitative estimate of drug-likeness (QED) is 0.539. The molecule has 0 N–H and O–H groups in total. The van der Waals surface area contributed by atoms with E-state index in [0.29, 0.717) is 0 Å². The molecule has 0 bridgehead atoms. The molecule has 0 amide bonds. The third-order valence-corrected chi connectivity index (χ3v) is 4.00. The van der Waals surface area contributed by atoms with Gasteiger partial charge in [-0.15, -0.1) is 0 Å². The minimum absolute atomic E-state index is 0.739. The molecule has 3 rings (SSSR count). The second kappa shape index (κ2) is 6.67. The van der Waals surface area contributed by atoms with Gasteiger partial charge in [0.1, 0.15) is 5.75 Å². The van der Waals surface area contributed by atoms with Gasteiger partial charge < -0.3 is 4.74 Å². The van der Waals surface area contributed by atoms with E-state index in [-0.39, 0.29) is 0 Å². The van der Waals surface area contributed by atoms with Crippen molar-refractivity contribution in [1.82, 2.24) is 0 Å². The van der Waals surface area contributed by atoms with Crippen molar-refractivity contribution in [3.8, 4) is 28.0 Å². The number of ether oxygens (including phenoxy) is 1. The number of benzene rings is 3. The van der Waals surface area contributed by atoms with Gasteiger partial charge in [-0.2, -0.15) is 0 Å². The zero-order valence-corrected chi connectivity index (χ0v) is 13.5. The third-order valence-electron chi connectivity index (χ3n) is 3.75. The second-order valence-electron chi connectivity index (χ2n) is 5.13. The molecular formula is C20H16ClNO. The van der Waals surface area contributed by atoms with Crippen LogP contribution in [0, 0.1) is 0 Å². The monoisotopic (exact) mass is 321 g/mol. The molecule has 0 aliphatic rings. The minimum Gasteiger partial charge on any atom is -0.497 e. The number of halogens is 1. The van der Waals surface area contributed by atoms with Crippen LogP contribution < -0.4 is 4.74 Å². The van der Waals surface area contributed by atoms with Crippen molar-refractivity contribution in [1.29, 1.82) is 0 Å². The van der Waals surface area contributed by atoms with E-state index in [9.17, 15) is 0 Å². The van der Waals surface area contributed by atoms with Crippen LogP contribution in [0.2, 0.25) is 5.02 Å². The van der Waals surface area contributed by atoms with Crippen LogP contribution in [0.5, 0.6) is 5.75 Å². The Kier molecular flexibility index (Phi) is 4.45. The minimum atomic E-state index is 0.739. The van der Waals surface area contributed by atoms with Crippen molar-refractivity contribution in [2.24, 2.45) is 4.99 Å². The predicted octanol–water partition coefficient (Wildman–Crippen LogP) is 6.01. The molecule has 3 aromatic carbocycles. The summed E-state index contributed by atoms with van der Waals surface area (Å²) < 4.78 is 5.31. The van der Waals surface area contributed by atoms with Gasteiger partial charge in [0.05, 0.1) is 12.8 Å². The van der Waals surface area contributed by atoms with Crippen molar-refractivity contribution in [2.45, 2.75) is 0 Å². The molecule has 0 aliphatic heterocycles. The molecule has 0 aromatic heterocycles. The molecule has 3 heteroatoms. The lowest BCUT2D eigenvalue weighted by Crippen LogP contribution is -1.85. The highest BCUT2D eigenvalue weighted by Crippen LogP contribution is 2.34. The van der Waals surface area contributed by atoms with Crippen LogP contribution in [0.15, 0.2) is 71.7 Å². The van der Waals surface area contributed by atoms with Gasteiger partial charge in [-0.25, -0.2) is 0 Å². The smallest absolute Gasteiger partial charge is 0.119 e. The van der Waals surface area contributed by atoms with E-state index in [1.54, 1.807) is 7.11 Å². The topological polar surface area (TPSA) is 21.6 Å². The van der Waals surface area contributed by atoms with Gasteiger partial charge in [0.25, 0.3) is 0 Å². The molecule has 23 heavy (non-hydrogen) atoms. The highest BCUT2D eigenvalue weighted by molar-refractivity contribution is 6.30. The molecule has 0 unspecified atom stereocenters. The van der Waals surface area contributed by atoms with Crippen LogP contribution in [-0.2, 0) is 0 Å². The van der Waals surface area contributed by atoms with E-state index in [2.05, 4.69) is 36.0 Å². The summed E-state index contributed by atoms with van der Waals surface area (Å²) in [4.78, 5) is 4.09. The number of methoxy groups -OCH3 is 1. The largest absolute Gasteiger partial charge is 0.497 e. The number of nitrogens with zero attached hydrogens (tertiary/aromatic N) is 1. The lowest BCUT2D eigenvalue weighted by Gasteiger charge is -2.09. The summed E-state index contributed by atoms with van der Waals surface area (Å²) in [5.41, 5.74) is 5.19. The number of hydrogen-bond acceptors (Lipinski definition) is 2. The van der Waals surface area contributed by atoms with Crippen molar-refractivity contribution in [2.75, 3.05) is 7.11 Å². The number of aliphatic imine (C=N–C) groups is 1. The predicted molar refractivity (Wildman–Crippen MR) is 98.1 cm³/mol. The Hall–Kier alpha value is -2.58. The first-order valence-corrected chi connectivity index (χ1v) is 7.60. The van der Waals surface area contributed by atoms with Crippen molar-refractivity contribution in [3.05, 3.63) is 71.8 Å². The Morgan fingerprint density at radius 3 is 1.96 bits per heavy atom. The maximum absolute atomic E-state index is 5.94. The standard InChI is InChI=1S/C20H16ClNO/c1-22-20-12-11-18(23-2)13-19(20)16-5-3-14(4-6-16)15-7-9-17(21)10-8-15/h3-13H,1H2,2H3. The van der Waals surface area contributed by atoms with E-state index in [1.165, 1.54) is 0 Å². The molecular weight excluding hydrogens is 306 g/mol. The van der Waals surface area contributed by atoms with Gasteiger partial charge in [-0.3, -0.25) is 4.99 Å². The Bertz CT molecular complexity index is 823. The second-order valence-corrected chi connectivity index (χ2v) is 5.56. The average Bonchev–Trinajstić information content (AvgIpc) is 2.62. The molecule has 114 valence electrons. The van der Waals surface area contributed by atoms with Gasteiger partial charge in [-0.1, -0.05) is 48.0 Å². The molecule has 0 fully saturated rings. The highest BCUT2D eigenvalue weighted by atomic mass is 35.5. The van der Waals surface area contributed by atoms with Crippen molar-refractivity contribution in [3.63, 3.8) is 0 Å². The molecule has 2 nitrogen and oxygen atoms in total. The van der Waals surface area contributed by atoms with Crippen LogP contribution in [-0.4, -0.2) is 13.8 Å². The van der Waals surface area contributed by atoms with Crippen LogP contribution in [0.4, 0.5) is 5.69 Å². The summed E-state index contributed by atoms with van der Waals surface area (Å²) in [5, 5.41) is 0.739. The zero-order valence-electron chi connectivity index (χ0n) is 12.8. The summed E-state index contributed by atoms with van der Waals surface area (Å²) in [6.45, 7) is 3.64. The zero-order chi connectivity index (χ0) is 16.2. The summed E-state index contributed by atoms with van der Waals surface area (Å²) in [6.07, 6.45) is 0. The molecule has 0 atom stereocenters. The van der Waals surface area contributed by atoms with Gasteiger partial charge in [-0.05, 0) is 53.7 Å². The summed E-state index contributed by atoms with van der Waals surface area (Å²) >= 11 is 5.94. The Balaban J connectivity index is 1.99. The fourth-order valence-corrected chi connectivity index (χ4v) is 2.62. The van der Waals surface area contributed by atoms with E-state index in [1.807, 2.05) is 42.5 Å². The number of hydrogen-bond donors (Lipinski definition) is 0. The van der Waals surface area contributed by atoms with Crippen molar-refractivity contribution >= 4 is 24.0 Å². The Morgan fingerprint density at radius 1 is 0.826 bits per heavy atom. The first kappa shape index (κ1) is 15.3. The first-order chi connectivity index (χ1) is 11.2. The van der Waals surface area contributed by atoms with Crippen LogP contribution >= 0.6 is 11.6 Å². The molecule has 0 spiro atoms. The highest BCUT2D eigenvalue weighted by Gasteiger charge is 2.07. The average molecular weight is 322 g/mol. The molecule has 0 heterocycles. The summed E-state index contributed by atoms with van der Waals surface area (Å²) in [5.74, 6) is 0.800. The van der Waals surface area contributed by atoms with E-state index >= 15 is 0 Å². The first-order valence-electron chi connectivity index (χ1n) is 7.22. The fourth-order valence-electron chi connectivity index (χ4n) is 2.50. The molecule has 0 aliphatic carbocycles. The van der Waals surface area contributed by atoms with Crippen LogP contribution in [0.25, 0.3) is 22.3 Å².